The van der Waals surface area contributed by atoms with E-state index >= 15 is 0 Å². The first-order valence-electron chi connectivity index (χ1n) is 10.7. The van der Waals surface area contributed by atoms with Crippen molar-refractivity contribution in [1.29, 1.82) is 0 Å². The minimum Gasteiger partial charge on any atom is -0.341 e. The first kappa shape index (κ1) is 22.9. The predicted molar refractivity (Wildman–Crippen MR) is 121 cm³/mol. The number of aromatic nitrogens is 2. The number of hydrogen-bond donors (Lipinski definition) is 2. The Kier molecular flexibility index (Phi) is 8.18. The number of aromatic amines is 1. The van der Waals surface area contributed by atoms with Crippen molar-refractivity contribution in [2.45, 2.75) is 57.9 Å². The average Bonchev–Trinajstić information content (AvgIpc) is 3.18. The molecule has 0 aliphatic heterocycles. The Morgan fingerprint density at radius 3 is 2.58 bits per heavy atom. The molecule has 3 rings (SSSR count). The lowest BCUT2D eigenvalue weighted by Gasteiger charge is -2.18. The zero-order valence-corrected chi connectivity index (χ0v) is 18.3. The van der Waals surface area contributed by atoms with E-state index in [0.717, 1.165) is 43.1 Å². The van der Waals surface area contributed by atoms with Gasteiger partial charge in [0.2, 0.25) is 0 Å². The third-order valence-corrected chi connectivity index (χ3v) is 5.47. The quantitative estimate of drug-likeness (QED) is 0.298. The number of H-pyrrole nitrogens is 1. The molecule has 0 spiro atoms. The van der Waals surface area contributed by atoms with Crippen molar-refractivity contribution < 1.29 is 14.0 Å². The van der Waals surface area contributed by atoms with Gasteiger partial charge in [0, 0.05) is 11.8 Å². The number of rotatable bonds is 11. The summed E-state index contributed by atoms with van der Waals surface area (Å²) in [6.07, 6.45) is 5.89. The van der Waals surface area contributed by atoms with Crippen LogP contribution >= 0.6 is 11.6 Å². The number of fused-ring (bicyclic) bond motifs is 1. The molecule has 0 saturated heterocycles. The van der Waals surface area contributed by atoms with Crippen molar-refractivity contribution in [1.82, 2.24) is 15.3 Å². The number of carbonyl (C=O) groups is 2. The van der Waals surface area contributed by atoms with Gasteiger partial charge in [-0.05, 0) is 48.7 Å². The monoisotopic (exact) mass is 443 g/mol. The molecule has 0 aliphatic carbocycles. The maximum Gasteiger partial charge on any atom is 0.268 e. The standard InChI is InChI=1S/C24H27ClFN3O2/c1-2-3-4-5-6-7-21(30)19(14-16-8-11-18(26)12-9-16)28-24(31)20-15-17-10-13-22(25)29-23(17)27-20/h8-13,15,19H,2-7,14H2,1H3,(H,27,29)(H,28,31)/t19-/m0/s1. The molecule has 2 N–H and O–H groups in total. The van der Waals surface area contributed by atoms with Gasteiger partial charge >= 0.3 is 0 Å². The van der Waals surface area contributed by atoms with Crippen molar-refractivity contribution in [2.24, 2.45) is 0 Å². The molecule has 1 amide bonds. The molecular formula is C24H27ClFN3O2. The second-order valence-corrected chi connectivity index (χ2v) is 8.13. The lowest BCUT2D eigenvalue weighted by molar-refractivity contribution is -0.121. The van der Waals surface area contributed by atoms with Gasteiger partial charge in [0.15, 0.2) is 5.78 Å². The topological polar surface area (TPSA) is 74.8 Å². The van der Waals surface area contributed by atoms with Crippen LogP contribution in [0.5, 0.6) is 0 Å². The number of nitrogens with one attached hydrogen (secondary N) is 2. The van der Waals surface area contributed by atoms with Crippen LogP contribution in [-0.2, 0) is 11.2 Å². The molecule has 5 nitrogen and oxygen atoms in total. The summed E-state index contributed by atoms with van der Waals surface area (Å²) in [4.78, 5) is 32.9. The van der Waals surface area contributed by atoms with E-state index in [1.54, 1.807) is 30.3 Å². The fraction of sp³-hybridized carbons (Fsp3) is 0.375. The molecule has 1 aromatic carbocycles. The fourth-order valence-electron chi connectivity index (χ4n) is 3.52. The lowest BCUT2D eigenvalue weighted by atomic mass is 9.98. The zero-order valence-electron chi connectivity index (χ0n) is 17.6. The van der Waals surface area contributed by atoms with Gasteiger partial charge in [0.1, 0.15) is 22.3 Å². The number of pyridine rings is 1. The van der Waals surface area contributed by atoms with E-state index in [9.17, 15) is 14.0 Å². The molecule has 0 bridgehead atoms. The fourth-order valence-corrected chi connectivity index (χ4v) is 3.67. The second-order valence-electron chi connectivity index (χ2n) is 7.74. The first-order chi connectivity index (χ1) is 15.0. The molecule has 0 unspecified atom stereocenters. The van der Waals surface area contributed by atoms with E-state index in [-0.39, 0.29) is 17.5 Å². The number of hydrogen-bond acceptors (Lipinski definition) is 3. The van der Waals surface area contributed by atoms with Crippen molar-refractivity contribution in [3.8, 4) is 0 Å². The van der Waals surface area contributed by atoms with Gasteiger partial charge in [0.25, 0.3) is 5.91 Å². The van der Waals surface area contributed by atoms with Crippen LogP contribution in [0.15, 0.2) is 42.5 Å². The molecule has 0 fully saturated rings. The largest absolute Gasteiger partial charge is 0.341 e. The summed E-state index contributed by atoms with van der Waals surface area (Å²) in [6, 6.07) is 10.4. The van der Waals surface area contributed by atoms with Crippen LogP contribution in [-0.4, -0.2) is 27.7 Å². The Labute approximate surface area is 186 Å². The zero-order chi connectivity index (χ0) is 22.2. The number of carbonyl (C=O) groups excluding carboxylic acids is 2. The molecule has 164 valence electrons. The highest BCUT2D eigenvalue weighted by atomic mass is 35.5. The normalized spacial score (nSPS) is 12.1. The van der Waals surface area contributed by atoms with Gasteiger partial charge in [-0.25, -0.2) is 9.37 Å². The third-order valence-electron chi connectivity index (χ3n) is 5.26. The van der Waals surface area contributed by atoms with Gasteiger partial charge in [0.05, 0.1) is 6.04 Å². The van der Waals surface area contributed by atoms with Gasteiger partial charge in [-0.1, -0.05) is 56.3 Å². The number of unbranched alkanes of at least 4 members (excludes halogenated alkanes) is 4. The van der Waals surface area contributed by atoms with Crippen LogP contribution < -0.4 is 5.32 Å². The van der Waals surface area contributed by atoms with E-state index in [1.807, 2.05) is 0 Å². The summed E-state index contributed by atoms with van der Waals surface area (Å²) in [5.74, 6) is -0.747. The number of amides is 1. The van der Waals surface area contributed by atoms with Crippen molar-refractivity contribution >= 4 is 34.3 Å². The molecule has 1 atom stereocenters. The summed E-state index contributed by atoms with van der Waals surface area (Å²) in [7, 11) is 0. The van der Waals surface area contributed by atoms with Gasteiger partial charge in [-0.2, -0.15) is 0 Å². The Balaban J connectivity index is 1.71. The predicted octanol–water partition coefficient (Wildman–Crippen LogP) is 5.63. The van der Waals surface area contributed by atoms with Gasteiger partial charge in [-0.15, -0.1) is 0 Å². The van der Waals surface area contributed by atoms with Crippen LogP contribution in [0, 0.1) is 5.82 Å². The molecular weight excluding hydrogens is 417 g/mol. The van der Waals surface area contributed by atoms with Crippen LogP contribution in [0.4, 0.5) is 4.39 Å². The van der Waals surface area contributed by atoms with Crippen molar-refractivity contribution in [3.63, 3.8) is 0 Å². The summed E-state index contributed by atoms with van der Waals surface area (Å²) in [5, 5.41) is 3.93. The Hall–Kier alpha value is -2.73. The Bertz CT molecular complexity index is 1030. The highest BCUT2D eigenvalue weighted by Gasteiger charge is 2.22. The maximum absolute atomic E-state index is 13.3. The smallest absolute Gasteiger partial charge is 0.268 e. The van der Waals surface area contributed by atoms with E-state index in [0.29, 0.717) is 29.3 Å². The lowest BCUT2D eigenvalue weighted by Crippen LogP contribution is -2.42. The summed E-state index contributed by atoms with van der Waals surface area (Å²) >= 11 is 5.91. The molecule has 0 radical (unpaired) electrons. The third kappa shape index (κ3) is 6.62. The van der Waals surface area contributed by atoms with E-state index in [4.69, 9.17) is 11.6 Å². The van der Waals surface area contributed by atoms with E-state index < -0.39 is 6.04 Å². The first-order valence-corrected chi connectivity index (χ1v) is 11.1. The van der Waals surface area contributed by atoms with Crippen LogP contribution in [0.3, 0.4) is 0 Å². The Morgan fingerprint density at radius 1 is 1.10 bits per heavy atom. The number of nitrogens with zero attached hydrogens (tertiary/aromatic N) is 1. The molecule has 3 aromatic rings. The van der Waals surface area contributed by atoms with Crippen LogP contribution in [0.1, 0.15) is 61.5 Å². The van der Waals surface area contributed by atoms with Crippen molar-refractivity contribution in [3.05, 3.63) is 64.7 Å². The summed E-state index contributed by atoms with van der Waals surface area (Å²) < 4.78 is 13.3. The van der Waals surface area contributed by atoms with Gasteiger partial charge in [-0.3, -0.25) is 9.59 Å². The number of ketones is 1. The average molecular weight is 444 g/mol. The van der Waals surface area contributed by atoms with Crippen molar-refractivity contribution in [2.75, 3.05) is 0 Å². The molecule has 2 aromatic heterocycles. The van der Waals surface area contributed by atoms with Crippen LogP contribution in [0.2, 0.25) is 5.15 Å². The summed E-state index contributed by atoms with van der Waals surface area (Å²) in [6.45, 7) is 2.15. The molecule has 0 aliphatic rings. The maximum atomic E-state index is 13.3. The number of benzene rings is 1. The summed E-state index contributed by atoms with van der Waals surface area (Å²) in [5.41, 5.74) is 1.61. The second kappa shape index (κ2) is 11.0. The Morgan fingerprint density at radius 2 is 1.84 bits per heavy atom. The number of Topliss-reactive ketones (excluding diaryl/α,β-unsaturated/α-hetero) is 1. The minimum absolute atomic E-state index is 0.0218. The van der Waals surface area contributed by atoms with Crippen LogP contribution in [0.25, 0.3) is 11.0 Å². The molecule has 7 heteroatoms. The molecule has 31 heavy (non-hydrogen) atoms. The molecule has 0 saturated carbocycles. The highest BCUT2D eigenvalue weighted by Crippen LogP contribution is 2.17. The van der Waals surface area contributed by atoms with E-state index in [1.165, 1.54) is 12.1 Å². The molecule has 2 heterocycles. The van der Waals surface area contributed by atoms with E-state index in [2.05, 4.69) is 22.2 Å². The minimum atomic E-state index is -0.688. The number of halogens is 2. The highest BCUT2D eigenvalue weighted by molar-refractivity contribution is 6.29. The SMILES string of the molecule is CCCCCCCC(=O)[C@H](Cc1ccc(F)cc1)NC(=O)c1cc2ccc(Cl)nc2[nH]1. The van der Waals surface area contributed by atoms with Gasteiger partial charge < -0.3 is 10.3 Å².